The molecule has 0 aromatic carbocycles. The molecule has 2 atom stereocenters. The fourth-order valence-corrected chi connectivity index (χ4v) is 3.73. The normalized spacial score (nSPS) is 31.8. The highest BCUT2D eigenvalue weighted by Crippen LogP contribution is 2.41. The maximum Gasteiger partial charge on any atom is 0.0944 e. The Morgan fingerprint density at radius 1 is 1.15 bits per heavy atom. The van der Waals surface area contributed by atoms with Crippen molar-refractivity contribution in [2.24, 2.45) is 0 Å². The molecule has 2 unspecified atom stereocenters. The third-order valence-electron chi connectivity index (χ3n) is 4.86. The second-order valence-electron chi connectivity index (χ2n) is 6.12. The molecule has 1 N–H and O–H groups in total. The Bertz CT molecular complexity index is 556. The van der Waals surface area contributed by atoms with Crippen molar-refractivity contribution in [3.63, 3.8) is 0 Å². The highest BCUT2D eigenvalue weighted by atomic mass is 15.2. The summed E-state index contributed by atoms with van der Waals surface area (Å²) in [6.07, 6.45) is 10.0. The molecule has 3 aliphatic heterocycles. The summed E-state index contributed by atoms with van der Waals surface area (Å²) in [6.45, 7) is 4.55. The first-order chi connectivity index (χ1) is 9.86. The lowest BCUT2D eigenvalue weighted by Crippen LogP contribution is -2.37. The molecule has 2 bridgehead atoms. The number of dihydropyridines is 1. The van der Waals surface area contributed by atoms with Gasteiger partial charge in [0.25, 0.3) is 0 Å². The van der Waals surface area contributed by atoms with E-state index in [4.69, 9.17) is 0 Å². The van der Waals surface area contributed by atoms with Crippen molar-refractivity contribution in [2.75, 3.05) is 26.2 Å². The molecule has 20 heavy (non-hydrogen) atoms. The molecule has 0 saturated carbocycles. The lowest BCUT2D eigenvalue weighted by molar-refractivity contribution is 0.239. The van der Waals surface area contributed by atoms with Crippen LogP contribution >= 0.6 is 0 Å². The number of nitrogens with zero attached hydrogens (tertiary/aromatic N) is 3. The zero-order chi connectivity index (χ0) is 13.4. The average Bonchev–Trinajstić information content (AvgIpc) is 2.84. The maximum absolute atomic E-state index is 4.57. The third-order valence-corrected chi connectivity index (χ3v) is 4.86. The Kier molecular flexibility index (Phi) is 2.84. The van der Waals surface area contributed by atoms with Gasteiger partial charge in [0.2, 0.25) is 0 Å². The van der Waals surface area contributed by atoms with Gasteiger partial charge in [-0.25, -0.2) is 0 Å². The van der Waals surface area contributed by atoms with Gasteiger partial charge in [-0.3, -0.25) is 0 Å². The van der Waals surface area contributed by atoms with E-state index in [1.165, 1.54) is 44.6 Å². The van der Waals surface area contributed by atoms with Gasteiger partial charge in [0.1, 0.15) is 0 Å². The van der Waals surface area contributed by atoms with Crippen molar-refractivity contribution in [1.29, 1.82) is 0 Å². The van der Waals surface area contributed by atoms with E-state index in [1.54, 1.807) is 0 Å². The van der Waals surface area contributed by atoms with E-state index >= 15 is 0 Å². The summed E-state index contributed by atoms with van der Waals surface area (Å²) in [5.41, 5.74) is 3.54. The van der Waals surface area contributed by atoms with Crippen LogP contribution < -0.4 is 5.32 Å². The number of fused-ring (bicyclic) bond motifs is 2. The average molecular weight is 268 g/mol. The molecule has 2 saturated heterocycles. The van der Waals surface area contributed by atoms with Gasteiger partial charge in [0.05, 0.1) is 11.4 Å². The van der Waals surface area contributed by atoms with Crippen LogP contribution in [0.4, 0.5) is 0 Å². The monoisotopic (exact) mass is 268 g/mol. The summed E-state index contributed by atoms with van der Waals surface area (Å²) in [4.78, 5) is 2.56. The molecule has 104 valence electrons. The van der Waals surface area contributed by atoms with Crippen molar-refractivity contribution >= 4 is 5.57 Å². The number of aromatic nitrogens is 2. The predicted molar refractivity (Wildman–Crippen MR) is 79.1 cm³/mol. The van der Waals surface area contributed by atoms with Crippen molar-refractivity contribution in [1.82, 2.24) is 20.4 Å². The number of nitrogens with one attached hydrogen (secondary N) is 1. The number of hydrogen-bond acceptors (Lipinski definition) is 4. The van der Waals surface area contributed by atoms with Gasteiger partial charge in [0, 0.05) is 30.3 Å². The Morgan fingerprint density at radius 3 is 2.95 bits per heavy atom. The van der Waals surface area contributed by atoms with Crippen molar-refractivity contribution in [2.45, 2.75) is 24.7 Å². The molecule has 0 aliphatic carbocycles. The van der Waals surface area contributed by atoms with Gasteiger partial charge in [-0.2, -0.15) is 10.2 Å². The summed E-state index contributed by atoms with van der Waals surface area (Å²) in [6, 6.07) is 4.32. The van der Waals surface area contributed by atoms with E-state index in [0.29, 0.717) is 0 Å². The number of rotatable bonds is 2. The molecule has 4 nitrogen and oxygen atoms in total. The van der Waals surface area contributed by atoms with E-state index in [-0.39, 0.29) is 5.41 Å². The minimum absolute atomic E-state index is 0.277. The quantitative estimate of drug-likeness (QED) is 0.886. The Balaban J connectivity index is 1.61. The first-order valence-electron chi connectivity index (χ1n) is 7.53. The Hall–Kier alpha value is -1.68. The fourth-order valence-electron chi connectivity index (χ4n) is 3.73. The first-order valence-corrected chi connectivity index (χ1v) is 7.53. The topological polar surface area (TPSA) is 41.1 Å². The van der Waals surface area contributed by atoms with Crippen LogP contribution in [0.1, 0.15) is 30.7 Å². The van der Waals surface area contributed by atoms with Crippen LogP contribution in [0.2, 0.25) is 0 Å². The van der Waals surface area contributed by atoms with E-state index in [9.17, 15) is 0 Å². The Morgan fingerprint density at radius 2 is 2.15 bits per heavy atom. The molecule has 0 spiro atoms. The van der Waals surface area contributed by atoms with E-state index in [0.717, 1.165) is 17.8 Å². The maximum atomic E-state index is 4.57. The summed E-state index contributed by atoms with van der Waals surface area (Å²) in [5, 5.41) is 12.2. The number of piperidine rings is 1. The van der Waals surface area contributed by atoms with E-state index in [1.807, 2.05) is 6.20 Å². The molecule has 2 fully saturated rings. The van der Waals surface area contributed by atoms with Crippen LogP contribution in [0.3, 0.4) is 0 Å². The predicted octanol–water partition coefficient (Wildman–Crippen LogP) is 1.71. The second kappa shape index (κ2) is 4.70. The van der Waals surface area contributed by atoms with Gasteiger partial charge < -0.3 is 10.2 Å². The van der Waals surface area contributed by atoms with Gasteiger partial charge in [-0.1, -0.05) is 12.2 Å². The molecular weight excluding hydrogens is 248 g/mol. The van der Waals surface area contributed by atoms with Gasteiger partial charge in [-0.15, -0.1) is 0 Å². The first kappa shape index (κ1) is 12.1. The minimum Gasteiger partial charge on any atom is -0.387 e. The zero-order valence-corrected chi connectivity index (χ0v) is 11.7. The van der Waals surface area contributed by atoms with E-state index in [2.05, 4.69) is 44.7 Å². The van der Waals surface area contributed by atoms with Crippen molar-refractivity contribution in [3.8, 4) is 0 Å². The molecule has 0 amide bonds. The van der Waals surface area contributed by atoms with Gasteiger partial charge in [0.15, 0.2) is 0 Å². The van der Waals surface area contributed by atoms with Crippen LogP contribution in [0, 0.1) is 0 Å². The lowest BCUT2D eigenvalue weighted by atomic mass is 9.78. The highest BCUT2D eigenvalue weighted by Gasteiger charge is 2.43. The molecule has 4 heterocycles. The number of hydrogen-bond donors (Lipinski definition) is 1. The SMILES string of the molecule is C1=CC(c2ccc(C34CCCN(CC3)C4)nn2)=CNC1. The van der Waals surface area contributed by atoms with Crippen LogP contribution in [0.15, 0.2) is 30.5 Å². The highest BCUT2D eigenvalue weighted by molar-refractivity contribution is 5.71. The van der Waals surface area contributed by atoms with Crippen molar-refractivity contribution < 1.29 is 0 Å². The largest absolute Gasteiger partial charge is 0.387 e. The van der Waals surface area contributed by atoms with Crippen molar-refractivity contribution in [3.05, 3.63) is 41.9 Å². The third kappa shape index (κ3) is 1.95. The standard InChI is InChI=1S/C16H20N4/c1-3-13(11-17-8-1)14-4-5-15(19-18-14)16-6-2-9-20(12-16)10-7-16/h1,3-5,11,17H,2,6-10,12H2. The summed E-state index contributed by atoms with van der Waals surface area (Å²) in [5.74, 6) is 0. The molecule has 4 rings (SSSR count). The van der Waals surface area contributed by atoms with E-state index < -0.39 is 0 Å². The molecular formula is C16H20N4. The zero-order valence-electron chi connectivity index (χ0n) is 11.7. The summed E-state index contributed by atoms with van der Waals surface area (Å²) >= 11 is 0. The number of allylic oxidation sites excluding steroid dienone is 2. The van der Waals surface area contributed by atoms with Gasteiger partial charge in [-0.05, 0) is 44.5 Å². The Labute approximate surface area is 119 Å². The second-order valence-corrected chi connectivity index (χ2v) is 6.12. The minimum atomic E-state index is 0.277. The molecule has 1 aromatic rings. The van der Waals surface area contributed by atoms with Crippen LogP contribution in [-0.4, -0.2) is 41.3 Å². The fraction of sp³-hybridized carbons (Fsp3) is 0.500. The van der Waals surface area contributed by atoms with Crippen LogP contribution in [-0.2, 0) is 5.41 Å². The van der Waals surface area contributed by atoms with Crippen LogP contribution in [0.25, 0.3) is 5.57 Å². The molecule has 1 aromatic heterocycles. The van der Waals surface area contributed by atoms with Crippen LogP contribution in [0.5, 0.6) is 0 Å². The molecule has 0 radical (unpaired) electrons. The summed E-state index contributed by atoms with van der Waals surface area (Å²) in [7, 11) is 0. The van der Waals surface area contributed by atoms with Gasteiger partial charge >= 0.3 is 0 Å². The molecule has 4 heteroatoms. The summed E-state index contributed by atoms with van der Waals surface area (Å²) < 4.78 is 0. The molecule has 3 aliphatic rings. The smallest absolute Gasteiger partial charge is 0.0944 e. The lowest BCUT2D eigenvalue weighted by Gasteiger charge is -2.33.